The molecular weight excluding hydrogens is 464 g/mol. The summed E-state index contributed by atoms with van der Waals surface area (Å²) in [5, 5.41) is 14.8. The van der Waals surface area contributed by atoms with E-state index in [1.165, 1.54) is 24.3 Å². The largest absolute Gasteiger partial charge is 0.508 e. The van der Waals surface area contributed by atoms with Crippen LogP contribution in [0, 0.1) is 19.4 Å². The minimum atomic E-state index is -1.50. The maximum absolute atomic E-state index is 13.5. The molecule has 5 N–H and O–H groups in total. The van der Waals surface area contributed by atoms with Crippen molar-refractivity contribution < 1.29 is 29.0 Å². The van der Waals surface area contributed by atoms with Crippen molar-refractivity contribution in [2.45, 2.75) is 51.8 Å². The van der Waals surface area contributed by atoms with Crippen LogP contribution in [-0.4, -0.2) is 45.5 Å². The summed E-state index contributed by atoms with van der Waals surface area (Å²) in [6.07, 6.45) is 4.12. The van der Waals surface area contributed by atoms with Gasteiger partial charge in [-0.2, -0.15) is 0 Å². The van der Waals surface area contributed by atoms with Crippen LogP contribution in [0.15, 0.2) is 48.5 Å². The van der Waals surface area contributed by atoms with Crippen molar-refractivity contribution in [3.8, 4) is 18.2 Å². The van der Waals surface area contributed by atoms with E-state index >= 15 is 0 Å². The van der Waals surface area contributed by atoms with E-state index in [4.69, 9.17) is 16.9 Å². The molecule has 4 amide bonds. The second-order valence-electron chi connectivity index (χ2n) is 9.00. The van der Waals surface area contributed by atoms with Crippen LogP contribution in [-0.2, 0) is 19.1 Å². The number of rotatable bonds is 8. The second-order valence-corrected chi connectivity index (χ2v) is 9.00. The minimum Gasteiger partial charge on any atom is -0.508 e. The maximum atomic E-state index is 13.5. The topological polar surface area (TPSA) is 151 Å². The number of anilines is 1. The first-order chi connectivity index (χ1) is 16.8. The van der Waals surface area contributed by atoms with Crippen molar-refractivity contribution in [2.75, 3.05) is 5.32 Å². The quantitative estimate of drug-likeness (QED) is 0.327. The SMILES string of the molecule is C#CN(C(=O)C(CC(N)=O)NC(=O)OC(C)(C)C)C(C(=O)Nc1ccccc1C)c1ccc(O)cc1. The fraction of sp³-hybridized carbons (Fsp3) is 0.308. The second kappa shape index (κ2) is 11.8. The summed E-state index contributed by atoms with van der Waals surface area (Å²) in [7, 11) is 0. The normalized spacial score (nSPS) is 12.4. The van der Waals surface area contributed by atoms with Gasteiger partial charge in [0.05, 0.1) is 6.42 Å². The highest BCUT2D eigenvalue weighted by Crippen LogP contribution is 2.26. The zero-order valence-electron chi connectivity index (χ0n) is 20.6. The smallest absolute Gasteiger partial charge is 0.408 e. The maximum Gasteiger partial charge on any atom is 0.408 e. The number of para-hydroxylation sites is 1. The fourth-order valence-electron chi connectivity index (χ4n) is 3.27. The Bertz CT molecular complexity index is 1160. The fourth-order valence-corrected chi connectivity index (χ4v) is 3.27. The van der Waals surface area contributed by atoms with Crippen molar-refractivity contribution >= 4 is 29.5 Å². The monoisotopic (exact) mass is 494 g/mol. The first kappa shape index (κ1) is 27.7. The van der Waals surface area contributed by atoms with Crippen LogP contribution in [0.1, 0.15) is 44.4 Å². The van der Waals surface area contributed by atoms with Crippen LogP contribution in [0.4, 0.5) is 10.5 Å². The predicted octanol–water partition coefficient (Wildman–Crippen LogP) is 2.57. The molecule has 0 aromatic heterocycles. The summed E-state index contributed by atoms with van der Waals surface area (Å²) < 4.78 is 5.18. The van der Waals surface area contributed by atoms with Crippen LogP contribution in [0.2, 0.25) is 0 Å². The number of carbonyl (C=O) groups excluding carboxylic acids is 4. The first-order valence-corrected chi connectivity index (χ1v) is 11.0. The lowest BCUT2D eigenvalue weighted by atomic mass is 10.0. The highest BCUT2D eigenvalue weighted by atomic mass is 16.6. The van der Waals surface area contributed by atoms with Crippen molar-refractivity contribution in [3.05, 3.63) is 59.7 Å². The molecule has 0 radical (unpaired) electrons. The summed E-state index contributed by atoms with van der Waals surface area (Å²) in [6.45, 7) is 6.68. The lowest BCUT2D eigenvalue weighted by Gasteiger charge is -2.30. The molecule has 2 rings (SSSR count). The molecule has 2 aromatic carbocycles. The van der Waals surface area contributed by atoms with Gasteiger partial charge in [-0.15, -0.1) is 0 Å². The number of aryl methyl sites for hydroxylation is 1. The summed E-state index contributed by atoms with van der Waals surface area (Å²) in [5.41, 5.74) is 5.97. The van der Waals surface area contributed by atoms with E-state index in [1.54, 1.807) is 52.0 Å². The Balaban J connectivity index is 2.46. The molecule has 2 unspecified atom stereocenters. The van der Waals surface area contributed by atoms with Crippen LogP contribution in [0.5, 0.6) is 5.75 Å². The molecule has 0 fully saturated rings. The van der Waals surface area contributed by atoms with Crippen molar-refractivity contribution in [1.29, 1.82) is 0 Å². The minimum absolute atomic E-state index is 0.0615. The highest BCUT2D eigenvalue weighted by molar-refractivity contribution is 6.00. The van der Waals surface area contributed by atoms with Gasteiger partial charge in [0, 0.05) is 11.7 Å². The number of hydrogen-bond donors (Lipinski definition) is 4. The summed E-state index contributed by atoms with van der Waals surface area (Å²) in [4.78, 5) is 51.7. The average molecular weight is 495 g/mol. The van der Waals surface area contributed by atoms with E-state index in [1.807, 2.05) is 0 Å². The van der Waals surface area contributed by atoms with Gasteiger partial charge < -0.3 is 26.2 Å². The standard InChI is InChI=1S/C26H30N4O6/c1-6-30(24(34)20(15-21(27)32)29-25(35)36-26(3,4)5)22(17-11-13-18(31)14-12-17)23(33)28-19-10-8-7-9-16(19)2/h1,7-14,20,22,31H,15H2,2-5H3,(H2,27,32)(H,28,33)(H,29,35). The van der Waals surface area contributed by atoms with E-state index < -0.39 is 47.9 Å². The number of benzene rings is 2. The highest BCUT2D eigenvalue weighted by Gasteiger charge is 2.36. The van der Waals surface area contributed by atoms with Gasteiger partial charge in [-0.05, 0) is 57.0 Å². The van der Waals surface area contributed by atoms with E-state index in [0.717, 1.165) is 10.5 Å². The zero-order chi connectivity index (χ0) is 27.0. The van der Waals surface area contributed by atoms with E-state index in [9.17, 15) is 24.3 Å². The molecule has 2 atom stereocenters. The van der Waals surface area contributed by atoms with E-state index in [2.05, 4.69) is 16.7 Å². The lowest BCUT2D eigenvalue weighted by Crippen LogP contribution is -2.52. The third kappa shape index (κ3) is 7.77. The first-order valence-electron chi connectivity index (χ1n) is 11.0. The number of alkyl carbamates (subject to hydrolysis) is 1. The number of ether oxygens (including phenoxy) is 1. The molecule has 2 aromatic rings. The van der Waals surface area contributed by atoms with Crippen molar-refractivity contribution in [1.82, 2.24) is 10.2 Å². The number of aromatic hydroxyl groups is 1. The van der Waals surface area contributed by atoms with Crippen LogP contribution in [0.25, 0.3) is 0 Å². The molecule has 190 valence electrons. The Kier molecular flexibility index (Phi) is 9.05. The summed E-state index contributed by atoms with van der Waals surface area (Å²) >= 11 is 0. The summed E-state index contributed by atoms with van der Waals surface area (Å²) in [6, 6.07) is 11.9. The van der Waals surface area contributed by atoms with Gasteiger partial charge in [-0.1, -0.05) is 36.8 Å². The lowest BCUT2D eigenvalue weighted by molar-refractivity contribution is -0.138. The van der Waals surface area contributed by atoms with Gasteiger partial charge in [0.15, 0.2) is 0 Å². The Labute approximate surface area is 209 Å². The number of phenols is 1. The van der Waals surface area contributed by atoms with Gasteiger partial charge >= 0.3 is 6.09 Å². The molecule has 10 nitrogen and oxygen atoms in total. The zero-order valence-corrected chi connectivity index (χ0v) is 20.6. The molecule has 0 saturated heterocycles. The van der Waals surface area contributed by atoms with Gasteiger partial charge in [0.25, 0.3) is 11.8 Å². The molecule has 0 saturated carbocycles. The third-order valence-corrected chi connectivity index (χ3v) is 4.89. The van der Waals surface area contributed by atoms with Crippen molar-refractivity contribution in [2.24, 2.45) is 5.73 Å². The summed E-state index contributed by atoms with van der Waals surface area (Å²) in [5.74, 6) is -2.53. The van der Waals surface area contributed by atoms with Crippen LogP contribution < -0.4 is 16.4 Å². The number of carbonyl (C=O) groups is 4. The van der Waals surface area contributed by atoms with E-state index in [-0.39, 0.29) is 11.3 Å². The molecular formula is C26H30N4O6. The molecule has 0 heterocycles. The van der Waals surface area contributed by atoms with Gasteiger partial charge in [0.2, 0.25) is 5.91 Å². The Morgan fingerprint density at radius 2 is 1.72 bits per heavy atom. The number of nitrogens with two attached hydrogens (primary N) is 1. The Morgan fingerprint density at radius 1 is 1.11 bits per heavy atom. The number of nitrogens with one attached hydrogen (secondary N) is 2. The number of phenolic OH excluding ortho intramolecular Hbond substituents is 1. The van der Waals surface area contributed by atoms with Crippen LogP contribution in [0.3, 0.4) is 0 Å². The predicted molar refractivity (Wildman–Crippen MR) is 133 cm³/mol. The van der Waals surface area contributed by atoms with Gasteiger partial charge in [-0.3, -0.25) is 19.3 Å². The van der Waals surface area contributed by atoms with Gasteiger partial charge in [0.1, 0.15) is 23.4 Å². The molecule has 0 aliphatic carbocycles. The number of nitrogens with zero attached hydrogens (tertiary/aromatic N) is 1. The average Bonchev–Trinajstić information content (AvgIpc) is 2.77. The number of hydrogen-bond acceptors (Lipinski definition) is 6. The van der Waals surface area contributed by atoms with E-state index in [0.29, 0.717) is 5.69 Å². The Hall–Kier alpha value is -4.52. The van der Waals surface area contributed by atoms with Gasteiger partial charge in [-0.25, -0.2) is 4.79 Å². The molecule has 0 spiro atoms. The third-order valence-electron chi connectivity index (χ3n) is 4.89. The van der Waals surface area contributed by atoms with Crippen molar-refractivity contribution in [3.63, 3.8) is 0 Å². The molecule has 0 bridgehead atoms. The van der Waals surface area contributed by atoms with Crippen LogP contribution >= 0.6 is 0 Å². The Morgan fingerprint density at radius 3 is 2.25 bits per heavy atom. The number of terminal acetylenes is 1. The molecule has 0 aliphatic heterocycles. The number of amides is 4. The number of primary amides is 1. The molecule has 10 heteroatoms. The molecule has 36 heavy (non-hydrogen) atoms. The molecule has 0 aliphatic rings.